The van der Waals surface area contributed by atoms with Crippen LogP contribution < -0.4 is 10.5 Å². The molecule has 4 nitrogen and oxygen atoms in total. The molecule has 4 aromatic rings. The molecule has 0 aliphatic rings. The van der Waals surface area contributed by atoms with Crippen molar-refractivity contribution in [2.75, 3.05) is 6.61 Å². The molecule has 2 N–H and O–H groups in total. The zero-order valence-electron chi connectivity index (χ0n) is 17.1. The van der Waals surface area contributed by atoms with Gasteiger partial charge in [-0.25, -0.2) is 0 Å². The number of para-hydroxylation sites is 1. The number of nitrogens with two attached hydrogens (primary N) is 1. The second-order valence-electron chi connectivity index (χ2n) is 7.62. The van der Waals surface area contributed by atoms with E-state index in [2.05, 4.69) is 48.7 Å². The van der Waals surface area contributed by atoms with Crippen LogP contribution in [0.5, 0.6) is 5.75 Å². The Kier molecular flexibility index (Phi) is 5.01. The van der Waals surface area contributed by atoms with Crippen LogP contribution in [-0.2, 0) is 6.54 Å². The molecule has 4 heteroatoms. The standard InChI is InChI=1S/C25H26N2O2/c1-4-29-23-11-6-5-8-18(23)15-27-21-10-7-9-20(25(26)28)24(21)19-13-12-17(16(2)3)14-22(19)27/h5-14,16H,4,15H2,1-3H3,(H2,26,28). The van der Waals surface area contributed by atoms with Crippen LogP contribution in [0.15, 0.2) is 60.7 Å². The first-order valence-electron chi connectivity index (χ1n) is 10.1. The van der Waals surface area contributed by atoms with E-state index >= 15 is 0 Å². The lowest BCUT2D eigenvalue weighted by Crippen LogP contribution is -2.11. The Balaban J connectivity index is 2.02. The predicted octanol–water partition coefficient (Wildman–Crippen LogP) is 5.46. The van der Waals surface area contributed by atoms with Crippen molar-refractivity contribution in [1.82, 2.24) is 4.57 Å². The Morgan fingerprint density at radius 2 is 1.83 bits per heavy atom. The summed E-state index contributed by atoms with van der Waals surface area (Å²) in [4.78, 5) is 12.1. The van der Waals surface area contributed by atoms with E-state index in [-0.39, 0.29) is 0 Å². The lowest BCUT2D eigenvalue weighted by Gasteiger charge is -2.13. The van der Waals surface area contributed by atoms with Crippen LogP contribution in [-0.4, -0.2) is 17.1 Å². The second kappa shape index (κ2) is 7.63. The molecule has 0 spiro atoms. The molecule has 1 aromatic heterocycles. The zero-order chi connectivity index (χ0) is 20.5. The molecule has 4 rings (SSSR count). The summed E-state index contributed by atoms with van der Waals surface area (Å²) in [7, 11) is 0. The normalized spacial score (nSPS) is 11.4. The van der Waals surface area contributed by atoms with E-state index in [1.165, 1.54) is 5.56 Å². The summed E-state index contributed by atoms with van der Waals surface area (Å²) in [5, 5.41) is 1.96. The predicted molar refractivity (Wildman–Crippen MR) is 119 cm³/mol. The molecule has 148 valence electrons. The highest BCUT2D eigenvalue weighted by Crippen LogP contribution is 2.35. The first kappa shape index (κ1) is 19.1. The third kappa shape index (κ3) is 3.35. The van der Waals surface area contributed by atoms with E-state index in [4.69, 9.17) is 10.5 Å². The summed E-state index contributed by atoms with van der Waals surface area (Å²) < 4.78 is 8.11. The van der Waals surface area contributed by atoms with Crippen LogP contribution in [0.2, 0.25) is 0 Å². The van der Waals surface area contributed by atoms with Crippen molar-refractivity contribution >= 4 is 27.7 Å². The van der Waals surface area contributed by atoms with Crippen LogP contribution in [0.1, 0.15) is 48.2 Å². The fourth-order valence-electron chi connectivity index (χ4n) is 4.00. The Morgan fingerprint density at radius 3 is 2.55 bits per heavy atom. The molecule has 1 heterocycles. The zero-order valence-corrected chi connectivity index (χ0v) is 17.1. The second-order valence-corrected chi connectivity index (χ2v) is 7.62. The monoisotopic (exact) mass is 386 g/mol. The minimum absolute atomic E-state index is 0.405. The Morgan fingerprint density at radius 1 is 1.03 bits per heavy atom. The number of primary amides is 1. The summed E-state index contributed by atoms with van der Waals surface area (Å²) >= 11 is 0. The fourth-order valence-corrected chi connectivity index (χ4v) is 4.00. The fraction of sp³-hybridized carbons (Fsp3) is 0.240. The van der Waals surface area contributed by atoms with Crippen LogP contribution in [0, 0.1) is 0 Å². The first-order valence-corrected chi connectivity index (χ1v) is 10.1. The average Bonchev–Trinajstić information content (AvgIpc) is 3.02. The molecule has 0 atom stereocenters. The van der Waals surface area contributed by atoms with E-state index in [9.17, 15) is 4.79 Å². The van der Waals surface area contributed by atoms with Crippen molar-refractivity contribution in [1.29, 1.82) is 0 Å². The molecule has 0 fully saturated rings. The number of ether oxygens (including phenoxy) is 1. The number of carbonyl (C=O) groups excluding carboxylic acids is 1. The van der Waals surface area contributed by atoms with E-state index in [0.717, 1.165) is 33.1 Å². The van der Waals surface area contributed by atoms with Gasteiger partial charge < -0.3 is 15.0 Å². The lowest BCUT2D eigenvalue weighted by atomic mass is 10.00. The Bertz CT molecular complexity index is 1200. The van der Waals surface area contributed by atoms with E-state index in [0.29, 0.717) is 24.6 Å². The largest absolute Gasteiger partial charge is 0.494 e. The van der Waals surface area contributed by atoms with Crippen LogP contribution >= 0.6 is 0 Å². The van der Waals surface area contributed by atoms with Gasteiger partial charge in [0.1, 0.15) is 5.75 Å². The molecule has 0 aliphatic heterocycles. The first-order chi connectivity index (χ1) is 14.0. The van der Waals surface area contributed by atoms with Crippen molar-refractivity contribution in [3.63, 3.8) is 0 Å². The maximum atomic E-state index is 12.1. The van der Waals surface area contributed by atoms with Crippen LogP contribution in [0.25, 0.3) is 21.8 Å². The number of hydrogen-bond donors (Lipinski definition) is 1. The number of fused-ring (bicyclic) bond motifs is 3. The number of aromatic nitrogens is 1. The molecule has 3 aromatic carbocycles. The smallest absolute Gasteiger partial charge is 0.249 e. The number of carbonyl (C=O) groups is 1. The van der Waals surface area contributed by atoms with Crippen molar-refractivity contribution in [3.05, 3.63) is 77.4 Å². The quantitative estimate of drug-likeness (QED) is 0.478. The molecule has 0 radical (unpaired) electrons. The van der Waals surface area contributed by atoms with Gasteiger partial charge in [-0.15, -0.1) is 0 Å². The summed E-state index contributed by atoms with van der Waals surface area (Å²) in [5.74, 6) is 0.894. The highest BCUT2D eigenvalue weighted by Gasteiger charge is 2.18. The molecule has 1 amide bonds. The molecule has 0 saturated carbocycles. The van der Waals surface area contributed by atoms with Gasteiger partial charge in [0.15, 0.2) is 0 Å². The van der Waals surface area contributed by atoms with Gasteiger partial charge in [-0.2, -0.15) is 0 Å². The van der Waals surface area contributed by atoms with Gasteiger partial charge in [0.2, 0.25) is 5.91 Å². The van der Waals surface area contributed by atoms with E-state index in [1.54, 1.807) is 6.07 Å². The Labute approximate surface area is 170 Å². The maximum absolute atomic E-state index is 12.1. The molecule has 0 aliphatic carbocycles. The minimum Gasteiger partial charge on any atom is -0.494 e. The van der Waals surface area contributed by atoms with Gasteiger partial charge in [0.25, 0.3) is 0 Å². The van der Waals surface area contributed by atoms with E-state index in [1.807, 2.05) is 31.2 Å². The molecule has 0 saturated heterocycles. The van der Waals surface area contributed by atoms with Gasteiger partial charge in [0.05, 0.1) is 18.7 Å². The maximum Gasteiger partial charge on any atom is 0.249 e. The van der Waals surface area contributed by atoms with Crippen LogP contribution in [0.4, 0.5) is 0 Å². The highest BCUT2D eigenvalue weighted by molar-refractivity contribution is 6.18. The molecule has 29 heavy (non-hydrogen) atoms. The number of hydrogen-bond acceptors (Lipinski definition) is 2. The Hall–Kier alpha value is -3.27. The highest BCUT2D eigenvalue weighted by atomic mass is 16.5. The number of rotatable bonds is 6. The lowest BCUT2D eigenvalue weighted by molar-refractivity contribution is 0.100. The number of nitrogens with zero attached hydrogens (tertiary/aromatic N) is 1. The minimum atomic E-state index is -0.405. The average molecular weight is 386 g/mol. The topological polar surface area (TPSA) is 57.2 Å². The van der Waals surface area contributed by atoms with Gasteiger partial charge in [0, 0.05) is 27.4 Å². The summed E-state index contributed by atoms with van der Waals surface area (Å²) in [6, 6.07) is 20.4. The van der Waals surface area contributed by atoms with Gasteiger partial charge in [-0.3, -0.25) is 4.79 Å². The molecule has 0 bridgehead atoms. The van der Waals surface area contributed by atoms with Gasteiger partial charge in [-0.1, -0.05) is 50.2 Å². The summed E-state index contributed by atoms with van der Waals surface area (Å²) in [5.41, 5.74) is 10.7. The number of benzene rings is 3. The van der Waals surface area contributed by atoms with Crippen molar-refractivity contribution in [2.24, 2.45) is 5.73 Å². The van der Waals surface area contributed by atoms with Gasteiger partial charge >= 0.3 is 0 Å². The van der Waals surface area contributed by atoms with Crippen molar-refractivity contribution in [2.45, 2.75) is 33.2 Å². The van der Waals surface area contributed by atoms with Crippen molar-refractivity contribution < 1.29 is 9.53 Å². The SMILES string of the molecule is CCOc1ccccc1Cn1c2cc(C(C)C)ccc2c2c(C(N)=O)cccc21. The molecular formula is C25H26N2O2. The van der Waals surface area contributed by atoms with Crippen molar-refractivity contribution in [3.8, 4) is 5.75 Å². The third-order valence-electron chi connectivity index (χ3n) is 5.45. The van der Waals surface area contributed by atoms with Gasteiger partial charge in [-0.05, 0) is 42.7 Å². The molecular weight excluding hydrogens is 360 g/mol. The van der Waals surface area contributed by atoms with E-state index < -0.39 is 5.91 Å². The summed E-state index contributed by atoms with van der Waals surface area (Å²) in [6.45, 7) is 7.64. The molecule has 0 unspecified atom stereocenters. The third-order valence-corrected chi connectivity index (χ3v) is 5.45. The van der Waals surface area contributed by atoms with Crippen LogP contribution in [0.3, 0.4) is 0 Å². The number of amides is 1. The summed E-state index contributed by atoms with van der Waals surface area (Å²) in [6.07, 6.45) is 0.